The van der Waals surface area contributed by atoms with E-state index in [1.807, 2.05) is 12.2 Å². The van der Waals surface area contributed by atoms with Gasteiger partial charge in [0.25, 0.3) is 5.71 Å². The Hall–Kier alpha value is -1.38. The Morgan fingerprint density at radius 1 is 1.29 bits per heavy atom. The molecule has 0 saturated carbocycles. The fourth-order valence-electron chi connectivity index (χ4n) is 1.66. The van der Waals surface area contributed by atoms with Gasteiger partial charge in [0.1, 0.15) is 0 Å². The molecule has 14 heavy (non-hydrogen) atoms. The van der Waals surface area contributed by atoms with Gasteiger partial charge in [0.2, 0.25) is 0 Å². The van der Waals surface area contributed by atoms with E-state index in [0.717, 1.165) is 26.3 Å². The summed E-state index contributed by atoms with van der Waals surface area (Å²) in [4.78, 5) is 5.46. The van der Waals surface area contributed by atoms with Crippen LogP contribution in [0.2, 0.25) is 0 Å². The lowest BCUT2D eigenvalue weighted by atomic mass is 10.1. The standard InChI is InChI=1S/C10H13N3O/c11-12-9-1-3-10(4-2-9)13-5-7-14-8-6-13/h1,3-4H,2,5-8H2. The highest BCUT2D eigenvalue weighted by Gasteiger charge is 2.15. The van der Waals surface area contributed by atoms with Crippen molar-refractivity contribution >= 4 is 5.71 Å². The third-order valence-electron chi connectivity index (χ3n) is 2.47. The lowest BCUT2D eigenvalue weighted by Gasteiger charge is -2.30. The molecule has 0 N–H and O–H groups in total. The Morgan fingerprint density at radius 3 is 2.64 bits per heavy atom. The molecule has 4 nitrogen and oxygen atoms in total. The topological polar surface area (TPSA) is 48.9 Å². The number of hydrogen-bond donors (Lipinski definition) is 0. The lowest BCUT2D eigenvalue weighted by Crippen LogP contribution is -2.35. The molecule has 2 rings (SSSR count). The molecule has 1 heterocycles. The molecule has 0 spiro atoms. The Balaban J connectivity index is 2.03. The Kier molecular flexibility index (Phi) is 2.77. The fourth-order valence-corrected chi connectivity index (χ4v) is 1.66. The van der Waals surface area contributed by atoms with Crippen LogP contribution in [0.15, 0.2) is 23.9 Å². The zero-order chi connectivity index (χ0) is 9.80. The van der Waals surface area contributed by atoms with Gasteiger partial charge in [0, 0.05) is 24.9 Å². The van der Waals surface area contributed by atoms with E-state index in [1.54, 1.807) is 0 Å². The molecule has 74 valence electrons. The minimum absolute atomic E-state index is 0.708. The van der Waals surface area contributed by atoms with Crippen molar-refractivity contribution in [1.29, 1.82) is 0 Å². The van der Waals surface area contributed by atoms with Gasteiger partial charge in [0.05, 0.1) is 19.6 Å². The Bertz CT molecular complexity index is 320. The van der Waals surface area contributed by atoms with Crippen LogP contribution in [0.3, 0.4) is 0 Å². The van der Waals surface area contributed by atoms with Crippen LogP contribution in [0.4, 0.5) is 0 Å². The van der Waals surface area contributed by atoms with Crippen LogP contribution in [0, 0.1) is 0 Å². The predicted molar refractivity (Wildman–Crippen MR) is 52.9 cm³/mol. The average Bonchev–Trinajstić information content (AvgIpc) is 2.30. The number of ether oxygens (including phenoxy) is 1. The Labute approximate surface area is 83.1 Å². The summed E-state index contributed by atoms with van der Waals surface area (Å²) in [7, 11) is 0. The molecule has 1 aliphatic carbocycles. The van der Waals surface area contributed by atoms with E-state index < -0.39 is 0 Å². The van der Waals surface area contributed by atoms with E-state index in [4.69, 9.17) is 10.3 Å². The molecule has 0 aromatic heterocycles. The fraction of sp³-hybridized carbons (Fsp3) is 0.500. The van der Waals surface area contributed by atoms with Crippen LogP contribution in [0.5, 0.6) is 0 Å². The number of morpholine rings is 1. The predicted octanol–water partition coefficient (Wildman–Crippen LogP) is 0.833. The molecule has 4 heteroatoms. The van der Waals surface area contributed by atoms with Gasteiger partial charge in [-0.1, -0.05) is 0 Å². The summed E-state index contributed by atoms with van der Waals surface area (Å²) in [6, 6.07) is 0. The molecular weight excluding hydrogens is 178 g/mol. The molecule has 0 radical (unpaired) electrons. The van der Waals surface area contributed by atoms with Crippen molar-refractivity contribution in [3.8, 4) is 0 Å². The summed E-state index contributed by atoms with van der Waals surface area (Å²) in [6.45, 7) is 3.49. The van der Waals surface area contributed by atoms with Crippen molar-refractivity contribution in [2.75, 3.05) is 26.3 Å². The molecule has 1 aliphatic heterocycles. The van der Waals surface area contributed by atoms with Gasteiger partial charge in [0.15, 0.2) is 0 Å². The normalized spacial score (nSPS) is 21.9. The van der Waals surface area contributed by atoms with Gasteiger partial charge < -0.3 is 15.2 Å². The smallest absolute Gasteiger partial charge is 0.295 e. The molecule has 0 bridgehead atoms. The van der Waals surface area contributed by atoms with Crippen molar-refractivity contribution in [3.63, 3.8) is 0 Å². The van der Waals surface area contributed by atoms with Crippen molar-refractivity contribution in [2.45, 2.75) is 6.42 Å². The van der Waals surface area contributed by atoms with Crippen molar-refractivity contribution in [2.24, 2.45) is 0 Å². The summed E-state index contributed by atoms with van der Waals surface area (Å²) < 4.78 is 5.28. The first kappa shape index (κ1) is 9.19. The highest BCUT2D eigenvalue weighted by atomic mass is 16.5. The number of hydrogen-bond acceptors (Lipinski definition) is 2. The van der Waals surface area contributed by atoms with Crippen molar-refractivity contribution in [3.05, 3.63) is 29.5 Å². The van der Waals surface area contributed by atoms with Crippen molar-refractivity contribution < 1.29 is 9.53 Å². The SMILES string of the molecule is [N-]=[N+]=C1C=CC(N2CCOCC2)=CC1. The molecule has 1 fully saturated rings. The monoisotopic (exact) mass is 191 g/mol. The van der Waals surface area contributed by atoms with Crippen LogP contribution in [-0.4, -0.2) is 41.7 Å². The van der Waals surface area contributed by atoms with Gasteiger partial charge in [-0.3, -0.25) is 0 Å². The molecule has 0 aromatic carbocycles. The second kappa shape index (κ2) is 4.22. The van der Waals surface area contributed by atoms with E-state index in [1.165, 1.54) is 5.70 Å². The maximum absolute atomic E-state index is 8.56. The summed E-state index contributed by atoms with van der Waals surface area (Å²) in [5.41, 5.74) is 10.5. The second-order valence-electron chi connectivity index (χ2n) is 3.36. The molecule has 2 aliphatic rings. The molecule has 0 amide bonds. The summed E-state index contributed by atoms with van der Waals surface area (Å²) in [5.74, 6) is 0. The first-order valence-electron chi connectivity index (χ1n) is 4.82. The van der Waals surface area contributed by atoms with Gasteiger partial charge in [-0.15, -0.1) is 0 Å². The molecule has 0 aromatic rings. The zero-order valence-electron chi connectivity index (χ0n) is 8.02. The van der Waals surface area contributed by atoms with Crippen LogP contribution in [-0.2, 0) is 4.74 Å². The molecule has 1 saturated heterocycles. The van der Waals surface area contributed by atoms with E-state index in [2.05, 4.69) is 15.8 Å². The lowest BCUT2D eigenvalue weighted by molar-refractivity contribution is -0.00555. The number of nitrogens with zero attached hydrogens (tertiary/aromatic N) is 3. The Morgan fingerprint density at radius 2 is 2.07 bits per heavy atom. The summed E-state index contributed by atoms with van der Waals surface area (Å²) in [6.07, 6.45) is 6.63. The molecule has 0 unspecified atom stereocenters. The third kappa shape index (κ3) is 1.92. The highest BCUT2D eigenvalue weighted by Crippen LogP contribution is 2.13. The van der Waals surface area contributed by atoms with Crippen LogP contribution < -0.4 is 0 Å². The number of allylic oxidation sites excluding steroid dienone is 3. The second-order valence-corrected chi connectivity index (χ2v) is 3.36. The van der Waals surface area contributed by atoms with Gasteiger partial charge in [-0.05, 0) is 12.2 Å². The van der Waals surface area contributed by atoms with Crippen LogP contribution >= 0.6 is 0 Å². The maximum Gasteiger partial charge on any atom is 0.295 e. The third-order valence-corrected chi connectivity index (χ3v) is 2.47. The minimum Gasteiger partial charge on any atom is -0.378 e. The summed E-state index contributed by atoms with van der Waals surface area (Å²) >= 11 is 0. The average molecular weight is 191 g/mol. The zero-order valence-corrected chi connectivity index (χ0v) is 8.02. The summed E-state index contributed by atoms with van der Waals surface area (Å²) in [5, 5.41) is 0. The van der Waals surface area contributed by atoms with Crippen LogP contribution in [0.1, 0.15) is 6.42 Å². The molecular formula is C10H13N3O. The highest BCUT2D eigenvalue weighted by molar-refractivity contribution is 5.92. The quantitative estimate of drug-likeness (QED) is 0.455. The maximum atomic E-state index is 8.56. The number of rotatable bonds is 1. The van der Waals surface area contributed by atoms with E-state index in [-0.39, 0.29) is 0 Å². The molecule has 0 atom stereocenters. The first-order valence-corrected chi connectivity index (χ1v) is 4.82. The first-order chi connectivity index (χ1) is 6.90. The van der Waals surface area contributed by atoms with E-state index in [0.29, 0.717) is 12.1 Å². The van der Waals surface area contributed by atoms with Crippen LogP contribution in [0.25, 0.3) is 5.53 Å². The van der Waals surface area contributed by atoms with Gasteiger partial charge in [-0.25, -0.2) is 0 Å². The van der Waals surface area contributed by atoms with Crippen molar-refractivity contribution in [1.82, 2.24) is 4.90 Å². The largest absolute Gasteiger partial charge is 0.378 e. The van der Waals surface area contributed by atoms with E-state index >= 15 is 0 Å². The van der Waals surface area contributed by atoms with Gasteiger partial charge in [-0.2, -0.15) is 4.79 Å². The minimum atomic E-state index is 0.708. The van der Waals surface area contributed by atoms with E-state index in [9.17, 15) is 0 Å². The van der Waals surface area contributed by atoms with Gasteiger partial charge >= 0.3 is 0 Å².